The fourth-order valence-corrected chi connectivity index (χ4v) is 6.60. The molecule has 0 spiro atoms. The van der Waals surface area contributed by atoms with Gasteiger partial charge < -0.3 is 34.3 Å². The minimum Gasteiger partial charge on any atom is -0.457 e. The zero-order chi connectivity index (χ0) is 39.7. The van der Waals surface area contributed by atoms with Gasteiger partial charge in [-0.1, -0.05) is 134 Å². The summed E-state index contributed by atoms with van der Waals surface area (Å²) in [4.78, 5) is 12.6. The van der Waals surface area contributed by atoms with Gasteiger partial charge in [-0.2, -0.15) is 8.42 Å². The van der Waals surface area contributed by atoms with Gasteiger partial charge in [0.1, 0.15) is 30.5 Å². The van der Waals surface area contributed by atoms with E-state index in [1.165, 1.54) is 64.2 Å². The highest BCUT2D eigenvalue weighted by atomic mass is 32.3. The Morgan fingerprint density at radius 1 is 0.704 bits per heavy atom. The van der Waals surface area contributed by atoms with Gasteiger partial charge in [0, 0.05) is 13.0 Å². The summed E-state index contributed by atoms with van der Waals surface area (Å²) in [6, 6.07) is 0. The second kappa shape index (κ2) is 33.5. The van der Waals surface area contributed by atoms with Crippen LogP contribution in [0, 0.1) is 0 Å². The molecule has 316 valence electrons. The summed E-state index contributed by atoms with van der Waals surface area (Å²) >= 11 is 0. The first-order valence-corrected chi connectivity index (χ1v) is 22.1. The van der Waals surface area contributed by atoms with Crippen molar-refractivity contribution in [3.63, 3.8) is 0 Å². The van der Waals surface area contributed by atoms with Crippen LogP contribution in [0.25, 0.3) is 0 Å². The molecule has 0 radical (unpaired) electrons. The summed E-state index contributed by atoms with van der Waals surface area (Å²) in [7, 11) is -5.05. The Morgan fingerprint density at radius 3 is 1.78 bits per heavy atom. The SMILES string of the molecule is CCCCCCC/C=C\C/C=C\C/C=C\CCCCCCCCCOCC(COC1OC(CO)C(O)C(OS(=O)(=O)O)C1O)OC(=O)CCCCCCC. The van der Waals surface area contributed by atoms with Crippen LogP contribution < -0.4 is 0 Å². The number of allylic oxidation sites excluding steroid dienone is 6. The van der Waals surface area contributed by atoms with E-state index in [9.17, 15) is 28.5 Å². The van der Waals surface area contributed by atoms with E-state index in [1.807, 2.05) is 0 Å². The zero-order valence-electron chi connectivity index (χ0n) is 33.3. The molecule has 1 fully saturated rings. The van der Waals surface area contributed by atoms with Crippen LogP contribution in [0.5, 0.6) is 0 Å². The Balaban J connectivity index is 2.32. The first kappa shape index (κ1) is 50.3. The molecule has 6 unspecified atom stereocenters. The maximum atomic E-state index is 12.6. The molecule has 12 nitrogen and oxygen atoms in total. The fourth-order valence-electron chi connectivity index (χ4n) is 6.09. The molecule has 6 atom stereocenters. The first-order chi connectivity index (χ1) is 26.1. The van der Waals surface area contributed by atoms with E-state index in [0.717, 1.165) is 64.2 Å². The molecule has 13 heteroatoms. The Kier molecular flexibility index (Phi) is 31.2. The van der Waals surface area contributed by atoms with E-state index >= 15 is 0 Å². The molecule has 0 aromatic rings. The van der Waals surface area contributed by atoms with Gasteiger partial charge in [-0.3, -0.25) is 9.35 Å². The van der Waals surface area contributed by atoms with E-state index in [-0.39, 0.29) is 19.6 Å². The number of aliphatic hydroxyl groups excluding tert-OH is 3. The number of esters is 1. The van der Waals surface area contributed by atoms with Crippen molar-refractivity contribution < 1.29 is 56.2 Å². The molecule has 0 aromatic heterocycles. The third-order valence-corrected chi connectivity index (χ3v) is 9.73. The van der Waals surface area contributed by atoms with Crippen molar-refractivity contribution in [2.45, 2.75) is 192 Å². The number of rotatable bonds is 35. The van der Waals surface area contributed by atoms with Crippen molar-refractivity contribution >= 4 is 16.4 Å². The number of aliphatic hydroxyl groups is 3. The largest absolute Gasteiger partial charge is 0.457 e. The molecule has 0 aromatic carbocycles. The molecular weight excluding hydrogens is 717 g/mol. The van der Waals surface area contributed by atoms with Crippen molar-refractivity contribution in [2.24, 2.45) is 0 Å². The molecule has 4 N–H and O–H groups in total. The van der Waals surface area contributed by atoms with E-state index in [1.54, 1.807) is 0 Å². The number of carbonyl (C=O) groups excluding carboxylic acids is 1. The average molecular weight is 791 g/mol. The monoisotopic (exact) mass is 790 g/mol. The summed E-state index contributed by atoms with van der Waals surface area (Å²) in [5.41, 5.74) is 0. The summed E-state index contributed by atoms with van der Waals surface area (Å²) < 4.78 is 58.6. The number of hydrogen-bond donors (Lipinski definition) is 4. The molecule has 0 amide bonds. The van der Waals surface area contributed by atoms with E-state index in [0.29, 0.717) is 13.0 Å². The van der Waals surface area contributed by atoms with Crippen molar-refractivity contribution in [3.05, 3.63) is 36.5 Å². The van der Waals surface area contributed by atoms with Gasteiger partial charge in [-0.15, -0.1) is 0 Å². The van der Waals surface area contributed by atoms with E-state index in [2.05, 4.69) is 54.5 Å². The molecule has 0 saturated carbocycles. The highest BCUT2D eigenvalue weighted by Gasteiger charge is 2.48. The fraction of sp³-hybridized carbons (Fsp3) is 0.829. The van der Waals surface area contributed by atoms with Crippen molar-refractivity contribution in [3.8, 4) is 0 Å². The Hall–Kier alpha value is -1.68. The average Bonchev–Trinajstić information content (AvgIpc) is 3.14. The lowest BCUT2D eigenvalue weighted by atomic mass is 9.99. The highest BCUT2D eigenvalue weighted by Crippen LogP contribution is 2.26. The molecule has 0 aliphatic carbocycles. The molecule has 54 heavy (non-hydrogen) atoms. The molecule has 1 aliphatic heterocycles. The van der Waals surface area contributed by atoms with Crippen LogP contribution in [0.2, 0.25) is 0 Å². The Morgan fingerprint density at radius 2 is 1.22 bits per heavy atom. The molecule has 1 rings (SSSR count). The molecule has 1 heterocycles. The molecule has 1 aliphatic rings. The van der Waals surface area contributed by atoms with Gasteiger partial charge >= 0.3 is 16.4 Å². The molecule has 0 bridgehead atoms. The van der Waals surface area contributed by atoms with Gasteiger partial charge in [0.15, 0.2) is 6.29 Å². The predicted octanol–water partition coefficient (Wildman–Crippen LogP) is 7.85. The standard InChI is InChI=1S/C41H74O12S/c1-3-5-7-9-10-11-12-13-14-15-16-17-18-19-20-21-22-23-24-25-27-29-31-49-33-35(51-37(43)30-28-26-8-6-4-2)34-50-41-39(45)40(53-54(46,47)48)38(44)36(32-42)52-41/h12-13,15-16,18-19,35-36,38-42,44-45H,3-11,14,17,20-34H2,1-2H3,(H,46,47,48)/b13-12-,16-15-,19-18-. The van der Waals surface area contributed by atoms with E-state index in [4.69, 9.17) is 23.5 Å². The molecular formula is C41H74O12S. The maximum absolute atomic E-state index is 12.6. The van der Waals surface area contributed by atoms with Crippen molar-refractivity contribution in [1.82, 2.24) is 0 Å². The van der Waals surface area contributed by atoms with Crippen LogP contribution in [0.1, 0.15) is 155 Å². The van der Waals surface area contributed by atoms with Gasteiger partial charge in [0.2, 0.25) is 0 Å². The third kappa shape index (κ3) is 27.0. The lowest BCUT2D eigenvalue weighted by Gasteiger charge is -2.41. The van der Waals surface area contributed by atoms with Crippen LogP contribution in [0.15, 0.2) is 36.5 Å². The van der Waals surface area contributed by atoms with Crippen LogP contribution >= 0.6 is 0 Å². The summed E-state index contributed by atoms with van der Waals surface area (Å²) in [6.07, 6.45) is 28.1. The van der Waals surface area contributed by atoms with Crippen LogP contribution in [0.4, 0.5) is 0 Å². The summed E-state index contributed by atoms with van der Waals surface area (Å²) in [5.74, 6) is -0.417. The third-order valence-electron chi connectivity index (χ3n) is 9.27. The zero-order valence-corrected chi connectivity index (χ0v) is 34.1. The number of hydrogen-bond acceptors (Lipinski definition) is 11. The quantitative estimate of drug-likeness (QED) is 0.0212. The lowest BCUT2D eigenvalue weighted by Crippen LogP contribution is -2.60. The van der Waals surface area contributed by atoms with Crippen LogP contribution in [0.3, 0.4) is 0 Å². The number of ether oxygens (including phenoxy) is 4. The number of unbranched alkanes of at least 4 members (excludes halogenated alkanes) is 16. The summed E-state index contributed by atoms with van der Waals surface area (Å²) in [5, 5.41) is 30.4. The smallest absolute Gasteiger partial charge is 0.397 e. The second-order valence-electron chi connectivity index (χ2n) is 14.2. The minimum atomic E-state index is -5.05. The Bertz CT molecular complexity index is 1100. The van der Waals surface area contributed by atoms with Gasteiger partial charge in [0.25, 0.3) is 0 Å². The molecule has 1 saturated heterocycles. The second-order valence-corrected chi connectivity index (χ2v) is 15.3. The van der Waals surface area contributed by atoms with Crippen molar-refractivity contribution in [2.75, 3.05) is 26.4 Å². The van der Waals surface area contributed by atoms with E-state index < -0.39 is 59.8 Å². The van der Waals surface area contributed by atoms with Gasteiger partial charge in [-0.05, 0) is 51.4 Å². The maximum Gasteiger partial charge on any atom is 0.397 e. The predicted molar refractivity (Wildman–Crippen MR) is 211 cm³/mol. The van der Waals surface area contributed by atoms with Gasteiger partial charge in [-0.25, -0.2) is 4.18 Å². The lowest BCUT2D eigenvalue weighted by molar-refractivity contribution is -0.301. The van der Waals surface area contributed by atoms with Crippen LogP contribution in [-0.2, 0) is 38.3 Å². The topological polar surface area (TPSA) is 178 Å². The number of carbonyl (C=O) groups is 1. The van der Waals surface area contributed by atoms with Gasteiger partial charge in [0.05, 0.1) is 19.8 Å². The van der Waals surface area contributed by atoms with Crippen LogP contribution in [-0.4, -0.2) is 97.5 Å². The first-order valence-electron chi connectivity index (χ1n) is 20.7. The van der Waals surface area contributed by atoms with Crippen molar-refractivity contribution in [1.29, 1.82) is 0 Å². The Labute approximate surface area is 326 Å². The highest BCUT2D eigenvalue weighted by molar-refractivity contribution is 7.80. The normalized spacial score (nSPS) is 21.5. The minimum absolute atomic E-state index is 0.0288. The summed E-state index contributed by atoms with van der Waals surface area (Å²) in [6.45, 7) is 3.83.